The second-order valence-corrected chi connectivity index (χ2v) is 11.9. The Hall–Kier alpha value is -1.56. The van der Waals surface area contributed by atoms with Crippen molar-refractivity contribution in [3.8, 4) is 0 Å². The van der Waals surface area contributed by atoms with Crippen molar-refractivity contribution in [2.75, 3.05) is 37.8 Å². The molecule has 0 N–H and O–H groups in total. The van der Waals surface area contributed by atoms with E-state index < -0.39 is 33.2 Å². The van der Waals surface area contributed by atoms with Gasteiger partial charge in [0.2, 0.25) is 5.91 Å². The van der Waals surface area contributed by atoms with Crippen LogP contribution in [0.15, 0.2) is 27.7 Å². The Bertz CT molecular complexity index is 1150. The second kappa shape index (κ2) is 11.0. The maximum absolute atomic E-state index is 12.5. The van der Waals surface area contributed by atoms with Crippen LogP contribution in [-0.2, 0) is 30.7 Å². The Labute approximate surface area is 200 Å². The van der Waals surface area contributed by atoms with E-state index in [0.29, 0.717) is 43.6 Å². The van der Waals surface area contributed by atoms with Crippen LogP contribution in [-0.4, -0.2) is 67.5 Å². The number of amides is 2. The van der Waals surface area contributed by atoms with Gasteiger partial charge in [-0.25, -0.2) is 8.42 Å². The van der Waals surface area contributed by atoms with E-state index in [2.05, 4.69) is 27.8 Å². The number of carbonyl (C=O) groups is 2. The third kappa shape index (κ3) is 6.72. The highest BCUT2D eigenvalue weighted by Crippen LogP contribution is 2.22. The lowest BCUT2D eigenvalue weighted by Crippen LogP contribution is -2.41. The fourth-order valence-electron chi connectivity index (χ4n) is 3.56. The van der Waals surface area contributed by atoms with Crippen LogP contribution < -0.4 is 4.80 Å². The number of likely N-dealkylation sites (tertiary alicyclic amines) is 1. The van der Waals surface area contributed by atoms with Gasteiger partial charge in [0.05, 0.1) is 16.8 Å². The molecule has 0 aliphatic carbocycles. The van der Waals surface area contributed by atoms with Crippen LogP contribution in [0, 0.1) is 5.92 Å². The first kappa shape index (κ1) is 25.1. The number of nitrogens with zero attached hydrogens (tertiary/aromatic N) is 3. The van der Waals surface area contributed by atoms with Crippen LogP contribution in [0.5, 0.6) is 0 Å². The molecule has 11 heteroatoms. The largest absolute Gasteiger partial charge is 0.380 e. The molecule has 8 nitrogen and oxygen atoms in total. The van der Waals surface area contributed by atoms with E-state index in [-0.39, 0.29) is 0 Å². The maximum atomic E-state index is 12.5. The number of sulfone groups is 1. The van der Waals surface area contributed by atoms with Crippen molar-refractivity contribution in [2.45, 2.75) is 33.2 Å². The normalized spacial score (nSPS) is 16.1. The summed E-state index contributed by atoms with van der Waals surface area (Å²) in [5.74, 6) is -2.13. The average Bonchev–Trinajstić information content (AvgIpc) is 3.03. The first-order valence-corrected chi connectivity index (χ1v) is 14.0. The van der Waals surface area contributed by atoms with Crippen LogP contribution in [0.25, 0.3) is 10.2 Å². The van der Waals surface area contributed by atoms with Crippen LogP contribution in [0.3, 0.4) is 0 Å². The van der Waals surface area contributed by atoms with Crippen LogP contribution >= 0.6 is 27.3 Å². The van der Waals surface area contributed by atoms with Gasteiger partial charge in [0.1, 0.15) is 11.5 Å². The zero-order valence-corrected chi connectivity index (χ0v) is 21.5. The molecule has 0 radical (unpaired) electrons. The fraction of sp³-hybridized carbons (Fsp3) is 0.571. The summed E-state index contributed by atoms with van der Waals surface area (Å²) in [5.41, 5.74) is 0.891. The van der Waals surface area contributed by atoms with Crippen molar-refractivity contribution in [3.63, 3.8) is 0 Å². The molecule has 0 saturated carbocycles. The van der Waals surface area contributed by atoms with Gasteiger partial charge in [-0.3, -0.25) is 9.59 Å². The van der Waals surface area contributed by atoms with Gasteiger partial charge in [-0.15, -0.1) is 0 Å². The Morgan fingerprint density at radius 1 is 1.25 bits per heavy atom. The lowest BCUT2D eigenvalue weighted by atomic mass is 9.99. The van der Waals surface area contributed by atoms with E-state index in [1.54, 1.807) is 4.90 Å². The van der Waals surface area contributed by atoms with Crippen molar-refractivity contribution in [1.29, 1.82) is 0 Å². The Kier molecular flexibility index (Phi) is 8.65. The molecule has 1 aliphatic heterocycles. The zero-order chi connectivity index (χ0) is 23.3. The number of halogens is 1. The van der Waals surface area contributed by atoms with E-state index in [9.17, 15) is 18.0 Å². The van der Waals surface area contributed by atoms with Gasteiger partial charge >= 0.3 is 0 Å². The SMILES string of the molecule is CCOCCn1c(=NC(=O)CS(=O)(=O)CC(=O)N2CCC(C)CC2)sc2cc(Br)ccc21. The van der Waals surface area contributed by atoms with E-state index in [1.165, 1.54) is 11.3 Å². The van der Waals surface area contributed by atoms with Gasteiger partial charge in [0.15, 0.2) is 14.6 Å². The topological polar surface area (TPSA) is 98.0 Å². The van der Waals surface area contributed by atoms with Crippen molar-refractivity contribution in [1.82, 2.24) is 9.47 Å². The summed E-state index contributed by atoms with van der Waals surface area (Å²) < 4.78 is 34.1. The minimum atomic E-state index is -3.90. The zero-order valence-electron chi connectivity index (χ0n) is 18.3. The summed E-state index contributed by atoms with van der Waals surface area (Å²) in [5, 5.41) is 0. The molecule has 32 heavy (non-hydrogen) atoms. The average molecular weight is 547 g/mol. The van der Waals surface area contributed by atoms with Gasteiger partial charge in [-0.2, -0.15) is 4.99 Å². The highest BCUT2D eigenvalue weighted by Gasteiger charge is 2.26. The van der Waals surface area contributed by atoms with E-state index >= 15 is 0 Å². The molecule has 0 spiro atoms. The van der Waals surface area contributed by atoms with Crippen LogP contribution in [0.1, 0.15) is 26.7 Å². The molecule has 1 aromatic heterocycles. The number of aromatic nitrogens is 1. The molecule has 1 aromatic carbocycles. The molecule has 3 rings (SSSR count). The number of ether oxygens (including phenoxy) is 1. The predicted molar refractivity (Wildman–Crippen MR) is 128 cm³/mol. The monoisotopic (exact) mass is 545 g/mol. The number of benzene rings is 1. The van der Waals surface area contributed by atoms with Gasteiger partial charge in [0.25, 0.3) is 5.91 Å². The summed E-state index contributed by atoms with van der Waals surface area (Å²) in [4.78, 5) is 31.0. The molecule has 1 fully saturated rings. The minimum absolute atomic E-state index is 0.411. The van der Waals surface area contributed by atoms with Gasteiger partial charge in [-0.05, 0) is 43.9 Å². The number of fused-ring (bicyclic) bond motifs is 1. The summed E-state index contributed by atoms with van der Waals surface area (Å²) in [7, 11) is -3.90. The number of hydrogen-bond donors (Lipinski definition) is 0. The molecule has 0 bridgehead atoms. The van der Waals surface area contributed by atoms with Crippen molar-refractivity contribution >= 4 is 59.1 Å². The summed E-state index contributed by atoms with van der Waals surface area (Å²) in [6.07, 6.45) is 1.73. The number of rotatable bonds is 8. The summed E-state index contributed by atoms with van der Waals surface area (Å²) in [6, 6.07) is 5.74. The molecule has 1 aliphatic rings. The molecule has 2 heterocycles. The lowest BCUT2D eigenvalue weighted by molar-refractivity contribution is -0.129. The van der Waals surface area contributed by atoms with Crippen LogP contribution in [0.2, 0.25) is 0 Å². The van der Waals surface area contributed by atoms with Crippen molar-refractivity contribution in [2.24, 2.45) is 10.9 Å². The number of carbonyl (C=O) groups excluding carboxylic acids is 2. The number of hydrogen-bond acceptors (Lipinski definition) is 6. The molecule has 1 saturated heterocycles. The van der Waals surface area contributed by atoms with Gasteiger partial charge in [-0.1, -0.05) is 34.2 Å². The molecular formula is C21H28BrN3O5S2. The smallest absolute Gasteiger partial charge is 0.263 e. The first-order valence-electron chi connectivity index (χ1n) is 10.6. The van der Waals surface area contributed by atoms with Crippen molar-refractivity contribution in [3.05, 3.63) is 27.5 Å². The molecule has 176 valence electrons. The van der Waals surface area contributed by atoms with E-state index in [0.717, 1.165) is 27.5 Å². The Morgan fingerprint density at radius 3 is 2.66 bits per heavy atom. The van der Waals surface area contributed by atoms with Gasteiger partial charge < -0.3 is 14.2 Å². The quantitative estimate of drug-likeness (QED) is 0.475. The highest BCUT2D eigenvalue weighted by molar-refractivity contribution is 9.10. The third-order valence-electron chi connectivity index (χ3n) is 5.35. The summed E-state index contributed by atoms with van der Waals surface area (Å²) in [6.45, 7) is 6.64. The van der Waals surface area contributed by atoms with Crippen molar-refractivity contribution < 1.29 is 22.7 Å². The molecule has 0 atom stereocenters. The van der Waals surface area contributed by atoms with Crippen LogP contribution in [0.4, 0.5) is 0 Å². The first-order chi connectivity index (χ1) is 15.2. The maximum Gasteiger partial charge on any atom is 0.263 e. The lowest BCUT2D eigenvalue weighted by Gasteiger charge is -2.30. The molecule has 2 aromatic rings. The number of thiazole rings is 1. The number of piperidine rings is 1. The second-order valence-electron chi connectivity index (χ2n) is 7.95. The summed E-state index contributed by atoms with van der Waals surface area (Å²) >= 11 is 4.75. The molecular weight excluding hydrogens is 518 g/mol. The van der Waals surface area contributed by atoms with E-state index in [1.807, 2.05) is 29.7 Å². The Morgan fingerprint density at radius 2 is 1.97 bits per heavy atom. The molecule has 0 unspecified atom stereocenters. The molecule has 2 amide bonds. The predicted octanol–water partition coefficient (Wildman–Crippen LogP) is 2.60. The fourth-order valence-corrected chi connectivity index (χ4v) is 6.29. The van der Waals surface area contributed by atoms with Gasteiger partial charge in [0, 0.05) is 30.7 Å². The Balaban J connectivity index is 1.76. The van der Waals surface area contributed by atoms with E-state index in [4.69, 9.17) is 4.74 Å². The third-order valence-corrected chi connectivity index (χ3v) is 8.26. The highest BCUT2D eigenvalue weighted by atomic mass is 79.9. The standard InChI is InChI=1S/C21H28BrN3O5S2/c1-3-30-11-10-25-17-5-4-16(22)12-18(17)31-21(25)23-19(26)13-32(28,29)14-20(27)24-8-6-15(2)7-9-24/h4-5,12,15H,3,6-11,13-14H2,1-2H3. The minimum Gasteiger partial charge on any atom is -0.380 e.